The molecule has 0 heterocycles. The van der Waals surface area contributed by atoms with E-state index in [0.29, 0.717) is 12.6 Å². The standard InChI is InChI=1S/C11H21NO/c1-9(2)10-3-5-11(6-4-10)12-7-8-13/h3,5,9-13H,4,6-8H2,1-2H3. The fourth-order valence-electron chi connectivity index (χ4n) is 1.82. The minimum absolute atomic E-state index is 0.234. The van der Waals surface area contributed by atoms with Crippen LogP contribution < -0.4 is 5.32 Å². The van der Waals surface area contributed by atoms with E-state index < -0.39 is 0 Å². The average molecular weight is 183 g/mol. The summed E-state index contributed by atoms with van der Waals surface area (Å²) in [6.45, 7) is 5.49. The SMILES string of the molecule is CC(C)C1C=CC(NCCO)CC1. The molecule has 0 saturated heterocycles. The Labute approximate surface area is 81.0 Å². The summed E-state index contributed by atoms with van der Waals surface area (Å²) in [5.74, 6) is 1.52. The molecule has 2 N–H and O–H groups in total. The first-order valence-corrected chi connectivity index (χ1v) is 5.26. The molecule has 0 saturated carbocycles. The summed E-state index contributed by atoms with van der Waals surface area (Å²) in [7, 11) is 0. The van der Waals surface area contributed by atoms with E-state index in [1.165, 1.54) is 12.8 Å². The number of hydrogen-bond acceptors (Lipinski definition) is 2. The number of aliphatic hydroxyl groups is 1. The van der Waals surface area contributed by atoms with Gasteiger partial charge in [0, 0.05) is 12.6 Å². The number of nitrogens with one attached hydrogen (secondary N) is 1. The molecule has 13 heavy (non-hydrogen) atoms. The largest absolute Gasteiger partial charge is 0.395 e. The molecule has 2 unspecified atom stereocenters. The van der Waals surface area contributed by atoms with E-state index in [-0.39, 0.29) is 6.61 Å². The topological polar surface area (TPSA) is 32.3 Å². The summed E-state index contributed by atoms with van der Waals surface area (Å²) >= 11 is 0. The molecule has 0 aliphatic heterocycles. The molecule has 1 aliphatic rings. The highest BCUT2D eigenvalue weighted by atomic mass is 16.3. The minimum Gasteiger partial charge on any atom is -0.395 e. The van der Waals surface area contributed by atoms with E-state index in [2.05, 4.69) is 31.3 Å². The Morgan fingerprint density at radius 1 is 1.38 bits per heavy atom. The third kappa shape index (κ3) is 3.49. The number of allylic oxidation sites excluding steroid dienone is 1. The molecule has 0 fully saturated rings. The first kappa shape index (κ1) is 10.7. The summed E-state index contributed by atoms with van der Waals surface area (Å²) in [6.07, 6.45) is 7.06. The lowest BCUT2D eigenvalue weighted by molar-refractivity contribution is 0.282. The van der Waals surface area contributed by atoms with Gasteiger partial charge >= 0.3 is 0 Å². The van der Waals surface area contributed by atoms with E-state index in [1.54, 1.807) is 0 Å². The van der Waals surface area contributed by atoms with E-state index in [4.69, 9.17) is 5.11 Å². The van der Waals surface area contributed by atoms with Crippen LogP contribution in [0.4, 0.5) is 0 Å². The summed E-state index contributed by atoms with van der Waals surface area (Å²) < 4.78 is 0. The maximum absolute atomic E-state index is 8.65. The van der Waals surface area contributed by atoms with Crippen molar-refractivity contribution in [1.82, 2.24) is 5.32 Å². The van der Waals surface area contributed by atoms with Gasteiger partial charge in [0.2, 0.25) is 0 Å². The van der Waals surface area contributed by atoms with Gasteiger partial charge in [0.25, 0.3) is 0 Å². The van der Waals surface area contributed by atoms with Crippen LogP contribution in [0.15, 0.2) is 12.2 Å². The van der Waals surface area contributed by atoms with Crippen LogP contribution in [0.25, 0.3) is 0 Å². The predicted molar refractivity (Wildman–Crippen MR) is 55.6 cm³/mol. The van der Waals surface area contributed by atoms with Crippen LogP contribution in [-0.4, -0.2) is 24.3 Å². The number of aliphatic hydroxyl groups excluding tert-OH is 1. The van der Waals surface area contributed by atoms with Gasteiger partial charge in [0.05, 0.1) is 6.61 Å². The lowest BCUT2D eigenvalue weighted by Crippen LogP contribution is -2.32. The van der Waals surface area contributed by atoms with Crippen molar-refractivity contribution in [2.75, 3.05) is 13.2 Å². The van der Waals surface area contributed by atoms with E-state index >= 15 is 0 Å². The van der Waals surface area contributed by atoms with Crippen molar-refractivity contribution in [3.63, 3.8) is 0 Å². The molecule has 0 aromatic rings. The van der Waals surface area contributed by atoms with Gasteiger partial charge in [-0.3, -0.25) is 0 Å². The Kier molecular flexibility index (Phi) is 4.46. The van der Waals surface area contributed by atoms with Gasteiger partial charge in [-0.05, 0) is 24.7 Å². The molecule has 2 nitrogen and oxygen atoms in total. The van der Waals surface area contributed by atoms with Gasteiger partial charge in [-0.2, -0.15) is 0 Å². The summed E-state index contributed by atoms with van der Waals surface area (Å²) in [5.41, 5.74) is 0. The van der Waals surface area contributed by atoms with Crippen molar-refractivity contribution in [3.05, 3.63) is 12.2 Å². The monoisotopic (exact) mass is 183 g/mol. The first-order chi connectivity index (χ1) is 6.24. The lowest BCUT2D eigenvalue weighted by Gasteiger charge is -2.25. The number of hydrogen-bond donors (Lipinski definition) is 2. The summed E-state index contributed by atoms with van der Waals surface area (Å²) in [5, 5.41) is 11.9. The second kappa shape index (κ2) is 5.40. The normalized spacial score (nSPS) is 28.3. The van der Waals surface area contributed by atoms with Gasteiger partial charge in [-0.1, -0.05) is 26.0 Å². The fraction of sp³-hybridized carbons (Fsp3) is 0.818. The molecule has 0 aromatic carbocycles. The number of rotatable bonds is 4. The maximum Gasteiger partial charge on any atom is 0.0556 e. The molecule has 0 spiro atoms. The Bertz CT molecular complexity index is 165. The van der Waals surface area contributed by atoms with Crippen LogP contribution in [0.3, 0.4) is 0 Å². The molecule has 1 aliphatic carbocycles. The van der Waals surface area contributed by atoms with Gasteiger partial charge in [0.15, 0.2) is 0 Å². The van der Waals surface area contributed by atoms with Gasteiger partial charge in [-0.15, -0.1) is 0 Å². The smallest absolute Gasteiger partial charge is 0.0556 e. The zero-order valence-electron chi connectivity index (χ0n) is 8.66. The van der Waals surface area contributed by atoms with E-state index in [9.17, 15) is 0 Å². The van der Waals surface area contributed by atoms with Crippen molar-refractivity contribution >= 4 is 0 Å². The van der Waals surface area contributed by atoms with E-state index in [1.807, 2.05) is 0 Å². The van der Waals surface area contributed by atoms with E-state index in [0.717, 1.165) is 11.8 Å². The zero-order valence-corrected chi connectivity index (χ0v) is 8.66. The van der Waals surface area contributed by atoms with Crippen molar-refractivity contribution in [2.24, 2.45) is 11.8 Å². The lowest BCUT2D eigenvalue weighted by atomic mass is 9.85. The third-order valence-electron chi connectivity index (χ3n) is 2.78. The highest BCUT2D eigenvalue weighted by molar-refractivity contribution is 5.02. The predicted octanol–water partition coefficient (Wildman–Crippen LogP) is 1.56. The average Bonchev–Trinajstić information content (AvgIpc) is 2.15. The van der Waals surface area contributed by atoms with Crippen LogP contribution in [0.2, 0.25) is 0 Å². The van der Waals surface area contributed by atoms with Crippen molar-refractivity contribution in [1.29, 1.82) is 0 Å². The Hall–Kier alpha value is -0.340. The first-order valence-electron chi connectivity index (χ1n) is 5.26. The van der Waals surface area contributed by atoms with Gasteiger partial charge in [-0.25, -0.2) is 0 Å². The summed E-state index contributed by atoms with van der Waals surface area (Å²) in [4.78, 5) is 0. The molecule has 0 bridgehead atoms. The third-order valence-corrected chi connectivity index (χ3v) is 2.78. The maximum atomic E-state index is 8.65. The quantitative estimate of drug-likeness (QED) is 0.648. The van der Waals surface area contributed by atoms with Crippen LogP contribution in [0, 0.1) is 11.8 Å². The van der Waals surface area contributed by atoms with Crippen LogP contribution in [-0.2, 0) is 0 Å². The molecule has 0 amide bonds. The Morgan fingerprint density at radius 2 is 2.15 bits per heavy atom. The molecule has 2 heteroatoms. The van der Waals surface area contributed by atoms with Crippen LogP contribution >= 0.6 is 0 Å². The second-order valence-electron chi connectivity index (χ2n) is 4.15. The molecule has 76 valence electrons. The van der Waals surface area contributed by atoms with Gasteiger partial charge in [0.1, 0.15) is 0 Å². The van der Waals surface area contributed by atoms with Crippen molar-refractivity contribution in [3.8, 4) is 0 Å². The van der Waals surface area contributed by atoms with Crippen LogP contribution in [0.1, 0.15) is 26.7 Å². The zero-order chi connectivity index (χ0) is 9.68. The van der Waals surface area contributed by atoms with Crippen LogP contribution in [0.5, 0.6) is 0 Å². The molecule has 2 atom stereocenters. The Balaban J connectivity index is 2.29. The molecule has 0 aromatic heterocycles. The second-order valence-corrected chi connectivity index (χ2v) is 4.15. The highest BCUT2D eigenvalue weighted by Crippen LogP contribution is 2.24. The molecule has 0 radical (unpaired) electrons. The Morgan fingerprint density at radius 3 is 2.62 bits per heavy atom. The highest BCUT2D eigenvalue weighted by Gasteiger charge is 2.17. The molecule has 1 rings (SSSR count). The van der Waals surface area contributed by atoms with Crippen molar-refractivity contribution < 1.29 is 5.11 Å². The summed E-state index contributed by atoms with van der Waals surface area (Å²) in [6, 6.07) is 0.488. The fourth-order valence-corrected chi connectivity index (χ4v) is 1.82. The minimum atomic E-state index is 0.234. The molecular weight excluding hydrogens is 162 g/mol. The van der Waals surface area contributed by atoms with Gasteiger partial charge < -0.3 is 10.4 Å². The molecular formula is C11H21NO. The van der Waals surface area contributed by atoms with Crippen molar-refractivity contribution in [2.45, 2.75) is 32.7 Å².